The van der Waals surface area contributed by atoms with Crippen LogP contribution in [0.2, 0.25) is 0 Å². The van der Waals surface area contributed by atoms with Crippen molar-refractivity contribution in [2.24, 2.45) is 0 Å². The Bertz CT molecular complexity index is 1320. The van der Waals surface area contributed by atoms with Gasteiger partial charge in [-0.05, 0) is 39.9 Å². The zero-order valence-corrected chi connectivity index (χ0v) is 20.7. The standard InChI is InChI=1S/C29H26N2O7/c1-36-19-12-10-18(11-13-19)16-25(28(34)38-31-26(32)14-15-27(31)33)30-29(35)37-17-24-22-8-4-2-6-20(22)21-7-3-5-9-23(21)24/h2-13,24-25H,14-17H2,1H3,(H,30,35)/t25-/m0/s1. The van der Waals surface area contributed by atoms with Gasteiger partial charge in [-0.25, -0.2) is 9.59 Å². The summed E-state index contributed by atoms with van der Waals surface area (Å²) < 4.78 is 10.7. The molecule has 1 heterocycles. The van der Waals surface area contributed by atoms with Crippen LogP contribution in [0.3, 0.4) is 0 Å². The van der Waals surface area contributed by atoms with Crippen LogP contribution in [-0.4, -0.2) is 48.7 Å². The predicted molar refractivity (Wildman–Crippen MR) is 136 cm³/mol. The van der Waals surface area contributed by atoms with Gasteiger partial charge in [0.25, 0.3) is 11.8 Å². The average Bonchev–Trinajstić information content (AvgIpc) is 3.43. The molecule has 194 valence electrons. The van der Waals surface area contributed by atoms with Gasteiger partial charge in [0.2, 0.25) is 0 Å². The summed E-state index contributed by atoms with van der Waals surface area (Å²) in [7, 11) is 1.54. The Kier molecular flexibility index (Phi) is 7.08. The Labute approximate surface area is 219 Å². The minimum atomic E-state index is -1.21. The maximum Gasteiger partial charge on any atom is 0.407 e. The number of benzene rings is 3. The zero-order chi connectivity index (χ0) is 26.6. The van der Waals surface area contributed by atoms with Gasteiger partial charge in [0, 0.05) is 25.2 Å². The summed E-state index contributed by atoms with van der Waals surface area (Å²) in [5, 5.41) is 3.01. The third kappa shape index (κ3) is 5.08. The third-order valence-corrected chi connectivity index (χ3v) is 6.71. The largest absolute Gasteiger partial charge is 0.497 e. The Morgan fingerprint density at radius 1 is 0.895 bits per heavy atom. The summed E-state index contributed by atoms with van der Waals surface area (Å²) in [6, 6.07) is 21.6. The van der Waals surface area contributed by atoms with Crippen LogP contribution in [0, 0.1) is 0 Å². The topological polar surface area (TPSA) is 111 Å². The van der Waals surface area contributed by atoms with E-state index in [4.69, 9.17) is 14.3 Å². The van der Waals surface area contributed by atoms with Crippen LogP contribution in [-0.2, 0) is 30.4 Å². The number of alkyl carbamates (subject to hydrolysis) is 1. The number of fused-ring (bicyclic) bond motifs is 3. The molecule has 9 heteroatoms. The molecular formula is C29H26N2O7. The lowest BCUT2D eigenvalue weighted by atomic mass is 9.98. The molecule has 0 saturated carbocycles. The summed E-state index contributed by atoms with van der Waals surface area (Å²) >= 11 is 0. The molecule has 1 N–H and O–H groups in total. The minimum Gasteiger partial charge on any atom is -0.497 e. The molecule has 1 aliphatic carbocycles. The number of carbonyl (C=O) groups is 4. The van der Waals surface area contributed by atoms with Gasteiger partial charge >= 0.3 is 12.1 Å². The van der Waals surface area contributed by atoms with Crippen LogP contribution in [0.1, 0.15) is 35.4 Å². The zero-order valence-electron chi connectivity index (χ0n) is 20.7. The van der Waals surface area contributed by atoms with Gasteiger partial charge in [-0.2, -0.15) is 0 Å². The molecule has 1 saturated heterocycles. The molecular weight excluding hydrogens is 488 g/mol. The van der Waals surface area contributed by atoms with Gasteiger partial charge in [0.05, 0.1) is 7.11 Å². The Morgan fingerprint density at radius 2 is 1.47 bits per heavy atom. The molecule has 0 bridgehead atoms. The van der Waals surface area contributed by atoms with Gasteiger partial charge in [-0.3, -0.25) is 9.59 Å². The van der Waals surface area contributed by atoms with Crippen molar-refractivity contribution in [3.05, 3.63) is 89.5 Å². The van der Waals surface area contributed by atoms with Crippen molar-refractivity contribution in [2.45, 2.75) is 31.2 Å². The maximum absolute atomic E-state index is 13.0. The van der Waals surface area contributed by atoms with Crippen molar-refractivity contribution in [1.82, 2.24) is 10.4 Å². The lowest BCUT2D eigenvalue weighted by molar-refractivity contribution is -0.198. The highest BCUT2D eigenvalue weighted by molar-refractivity contribution is 6.02. The third-order valence-electron chi connectivity index (χ3n) is 6.71. The van der Waals surface area contributed by atoms with Crippen molar-refractivity contribution in [1.29, 1.82) is 0 Å². The number of amides is 3. The molecule has 2 aliphatic rings. The van der Waals surface area contributed by atoms with E-state index in [1.165, 1.54) is 7.11 Å². The fraction of sp³-hybridized carbons (Fsp3) is 0.241. The van der Waals surface area contributed by atoms with Crippen LogP contribution >= 0.6 is 0 Å². The molecule has 5 rings (SSSR count). The van der Waals surface area contributed by atoms with E-state index >= 15 is 0 Å². The van der Waals surface area contributed by atoms with Crippen molar-refractivity contribution in [2.75, 3.05) is 13.7 Å². The fourth-order valence-corrected chi connectivity index (χ4v) is 4.78. The van der Waals surface area contributed by atoms with E-state index < -0.39 is 29.9 Å². The molecule has 0 radical (unpaired) electrons. The van der Waals surface area contributed by atoms with Gasteiger partial charge in [0.15, 0.2) is 0 Å². The molecule has 0 aromatic heterocycles. The summed E-state index contributed by atoms with van der Waals surface area (Å²) in [6.07, 6.45) is -0.839. The number of imide groups is 1. The number of nitrogens with one attached hydrogen (secondary N) is 1. The Balaban J connectivity index is 1.29. The normalized spacial score (nSPS) is 15.0. The van der Waals surface area contributed by atoms with Gasteiger partial charge in [-0.1, -0.05) is 60.7 Å². The highest BCUT2D eigenvalue weighted by Crippen LogP contribution is 2.44. The molecule has 38 heavy (non-hydrogen) atoms. The molecule has 3 amide bonds. The van der Waals surface area contributed by atoms with Crippen molar-refractivity contribution in [3.8, 4) is 16.9 Å². The monoisotopic (exact) mass is 514 g/mol. The Morgan fingerprint density at radius 3 is 2.05 bits per heavy atom. The summed E-state index contributed by atoms with van der Waals surface area (Å²) in [5.74, 6) is -1.68. The van der Waals surface area contributed by atoms with Gasteiger partial charge < -0.3 is 19.6 Å². The number of carbonyl (C=O) groups excluding carboxylic acids is 4. The van der Waals surface area contributed by atoms with E-state index in [9.17, 15) is 19.2 Å². The molecule has 9 nitrogen and oxygen atoms in total. The second-order valence-electron chi connectivity index (χ2n) is 9.07. The van der Waals surface area contributed by atoms with E-state index in [0.717, 1.165) is 22.3 Å². The number of hydrogen-bond donors (Lipinski definition) is 1. The first-order valence-electron chi connectivity index (χ1n) is 12.3. The van der Waals surface area contributed by atoms with Crippen molar-refractivity contribution in [3.63, 3.8) is 0 Å². The van der Waals surface area contributed by atoms with E-state index in [1.54, 1.807) is 24.3 Å². The predicted octanol–water partition coefficient (Wildman–Crippen LogP) is 3.75. The van der Waals surface area contributed by atoms with E-state index in [0.29, 0.717) is 16.4 Å². The van der Waals surface area contributed by atoms with Crippen molar-refractivity contribution >= 4 is 23.9 Å². The number of ether oxygens (including phenoxy) is 2. The smallest absolute Gasteiger partial charge is 0.407 e. The second kappa shape index (κ2) is 10.8. The lowest BCUT2D eigenvalue weighted by Crippen LogP contribution is -2.46. The molecule has 0 spiro atoms. The van der Waals surface area contributed by atoms with E-state index in [-0.39, 0.29) is 31.8 Å². The number of hydroxylamine groups is 2. The summed E-state index contributed by atoms with van der Waals surface area (Å²) in [4.78, 5) is 54.8. The molecule has 0 unspecified atom stereocenters. The number of hydrogen-bond acceptors (Lipinski definition) is 7. The van der Waals surface area contributed by atoms with Crippen LogP contribution in [0.25, 0.3) is 11.1 Å². The average molecular weight is 515 g/mol. The first kappa shape index (κ1) is 25.0. The highest BCUT2D eigenvalue weighted by atomic mass is 16.7. The molecule has 3 aromatic rings. The summed E-state index contributed by atoms with van der Waals surface area (Å²) in [6.45, 7) is 0.0628. The minimum absolute atomic E-state index is 0.0327. The number of rotatable bonds is 8. The SMILES string of the molecule is COc1ccc(C[C@H](NC(=O)OCC2c3ccccc3-c3ccccc32)C(=O)ON2C(=O)CCC2=O)cc1. The van der Waals surface area contributed by atoms with Crippen LogP contribution < -0.4 is 10.1 Å². The molecule has 3 aromatic carbocycles. The van der Waals surface area contributed by atoms with Gasteiger partial charge in [0.1, 0.15) is 18.4 Å². The fourth-order valence-electron chi connectivity index (χ4n) is 4.78. The van der Waals surface area contributed by atoms with Crippen LogP contribution in [0.4, 0.5) is 4.79 Å². The molecule has 1 aliphatic heterocycles. The second-order valence-corrected chi connectivity index (χ2v) is 9.07. The van der Waals surface area contributed by atoms with E-state index in [1.807, 2.05) is 48.5 Å². The van der Waals surface area contributed by atoms with Crippen LogP contribution in [0.5, 0.6) is 5.75 Å². The van der Waals surface area contributed by atoms with Crippen molar-refractivity contribution < 1.29 is 33.5 Å². The summed E-state index contributed by atoms with van der Waals surface area (Å²) in [5.41, 5.74) is 5.00. The molecule has 1 atom stereocenters. The number of methoxy groups -OCH3 is 1. The highest BCUT2D eigenvalue weighted by Gasteiger charge is 2.36. The number of nitrogens with zero attached hydrogens (tertiary/aromatic N) is 1. The van der Waals surface area contributed by atoms with Gasteiger partial charge in [-0.15, -0.1) is 5.06 Å². The van der Waals surface area contributed by atoms with E-state index in [2.05, 4.69) is 5.32 Å². The molecule has 1 fully saturated rings. The first-order chi connectivity index (χ1) is 18.4. The van der Waals surface area contributed by atoms with Crippen LogP contribution in [0.15, 0.2) is 72.8 Å². The Hall–Kier alpha value is -4.66. The maximum atomic E-state index is 13.0. The quantitative estimate of drug-likeness (QED) is 0.456. The lowest BCUT2D eigenvalue weighted by Gasteiger charge is -2.21. The first-order valence-corrected chi connectivity index (χ1v) is 12.3.